The summed E-state index contributed by atoms with van der Waals surface area (Å²) in [6, 6.07) is 15.2. The van der Waals surface area contributed by atoms with Gasteiger partial charge in [-0.05, 0) is 56.0 Å². The molecule has 8 nitrogen and oxygen atoms in total. The van der Waals surface area contributed by atoms with E-state index in [0.29, 0.717) is 18.5 Å². The topological polar surface area (TPSA) is 120 Å². The number of halogens is 1. The third-order valence-corrected chi connectivity index (χ3v) is 6.15. The van der Waals surface area contributed by atoms with Gasteiger partial charge in [-0.15, -0.1) is 0 Å². The maximum Gasteiger partial charge on any atom is 0.244 e. The van der Waals surface area contributed by atoms with Crippen LogP contribution in [0.1, 0.15) is 37.8 Å². The summed E-state index contributed by atoms with van der Waals surface area (Å²) in [7, 11) is 0. The van der Waals surface area contributed by atoms with Gasteiger partial charge in [0.15, 0.2) is 6.10 Å². The Hall–Kier alpha value is -4.03. The first-order valence-corrected chi connectivity index (χ1v) is 12.7. The molecule has 1 aliphatic heterocycles. The molecule has 1 fully saturated rings. The molecule has 0 aliphatic carbocycles. The Bertz CT molecular complexity index is 1160. The molecule has 200 valence electrons. The highest BCUT2D eigenvalue weighted by molar-refractivity contribution is 5.95. The van der Waals surface area contributed by atoms with Crippen LogP contribution in [0.4, 0.5) is 4.39 Å². The van der Waals surface area contributed by atoms with Crippen LogP contribution in [0.3, 0.4) is 0 Å². The maximum atomic E-state index is 13.5. The Morgan fingerprint density at radius 1 is 1.16 bits per heavy atom. The standard InChI is InChI=1S/C29H33FN4O4/c1-19(2)38-26(18-31)24(17-22-14-15-32-28(22)36)34-29(37)25(16-21-8-11-23(30)12-9-21)33-27(35)13-10-20-6-4-3-5-7-20/h3-13,19,22,24-26H,14-17H2,1-2H3,(H,32,36)(H,33,35)(H,34,37)/b13-10+/t22-,24-,25-,26-/m0/s1. The SMILES string of the molecule is CC(C)O[C@@H](C#N)[C@H](C[C@@H]1CCNC1=O)NC(=O)[C@H](Cc1ccc(F)cc1)NC(=O)/C=C/c1ccccc1. The summed E-state index contributed by atoms with van der Waals surface area (Å²) >= 11 is 0. The number of carbonyl (C=O) groups excluding carboxylic acids is 3. The van der Waals surface area contributed by atoms with Crippen molar-refractivity contribution >= 4 is 23.8 Å². The molecule has 38 heavy (non-hydrogen) atoms. The molecule has 3 rings (SSSR count). The van der Waals surface area contributed by atoms with Crippen LogP contribution in [0.25, 0.3) is 6.08 Å². The van der Waals surface area contributed by atoms with E-state index in [2.05, 4.69) is 22.0 Å². The van der Waals surface area contributed by atoms with Gasteiger partial charge in [0.1, 0.15) is 11.9 Å². The number of carbonyl (C=O) groups is 3. The van der Waals surface area contributed by atoms with Crippen molar-refractivity contribution in [2.45, 2.75) is 57.4 Å². The number of benzene rings is 2. The molecule has 0 unspecified atom stereocenters. The van der Waals surface area contributed by atoms with Crippen molar-refractivity contribution in [3.63, 3.8) is 0 Å². The van der Waals surface area contributed by atoms with Gasteiger partial charge >= 0.3 is 0 Å². The van der Waals surface area contributed by atoms with Gasteiger partial charge < -0.3 is 20.7 Å². The van der Waals surface area contributed by atoms with Crippen LogP contribution in [0.15, 0.2) is 60.7 Å². The molecule has 1 saturated heterocycles. The lowest BCUT2D eigenvalue weighted by Gasteiger charge is -2.28. The molecule has 1 heterocycles. The van der Waals surface area contributed by atoms with Crippen molar-refractivity contribution in [2.75, 3.05) is 6.54 Å². The third kappa shape index (κ3) is 8.82. The number of hydrogen-bond acceptors (Lipinski definition) is 5. The molecule has 0 radical (unpaired) electrons. The number of amides is 3. The zero-order chi connectivity index (χ0) is 27.5. The fourth-order valence-corrected chi connectivity index (χ4v) is 4.25. The average Bonchev–Trinajstić information content (AvgIpc) is 3.31. The minimum Gasteiger partial charge on any atom is -0.358 e. The van der Waals surface area contributed by atoms with E-state index in [1.807, 2.05) is 30.3 Å². The van der Waals surface area contributed by atoms with E-state index >= 15 is 0 Å². The zero-order valence-corrected chi connectivity index (χ0v) is 21.5. The van der Waals surface area contributed by atoms with Crippen molar-refractivity contribution in [2.24, 2.45) is 5.92 Å². The van der Waals surface area contributed by atoms with Crippen molar-refractivity contribution in [3.05, 3.63) is 77.6 Å². The van der Waals surface area contributed by atoms with Gasteiger partial charge in [-0.1, -0.05) is 42.5 Å². The summed E-state index contributed by atoms with van der Waals surface area (Å²) in [6.45, 7) is 4.09. The van der Waals surface area contributed by atoms with Gasteiger partial charge in [-0.2, -0.15) is 5.26 Å². The Balaban J connectivity index is 1.80. The smallest absolute Gasteiger partial charge is 0.244 e. The van der Waals surface area contributed by atoms with Crippen molar-refractivity contribution in [1.82, 2.24) is 16.0 Å². The van der Waals surface area contributed by atoms with E-state index in [0.717, 1.165) is 5.56 Å². The lowest BCUT2D eigenvalue weighted by molar-refractivity contribution is -0.129. The van der Waals surface area contributed by atoms with Crippen LogP contribution < -0.4 is 16.0 Å². The van der Waals surface area contributed by atoms with E-state index in [9.17, 15) is 24.0 Å². The van der Waals surface area contributed by atoms with Crippen LogP contribution in [0, 0.1) is 23.1 Å². The lowest BCUT2D eigenvalue weighted by Crippen LogP contribution is -2.54. The number of hydrogen-bond donors (Lipinski definition) is 3. The number of nitriles is 1. The highest BCUT2D eigenvalue weighted by Crippen LogP contribution is 2.20. The second-order valence-electron chi connectivity index (χ2n) is 9.50. The molecule has 0 spiro atoms. The largest absolute Gasteiger partial charge is 0.358 e. The van der Waals surface area contributed by atoms with E-state index < -0.39 is 35.8 Å². The van der Waals surface area contributed by atoms with Crippen LogP contribution >= 0.6 is 0 Å². The van der Waals surface area contributed by atoms with Gasteiger partial charge in [0.2, 0.25) is 17.7 Å². The quantitative estimate of drug-likeness (QED) is 0.372. The van der Waals surface area contributed by atoms with Crippen LogP contribution in [-0.4, -0.2) is 48.6 Å². The first kappa shape index (κ1) is 28.5. The van der Waals surface area contributed by atoms with Crippen molar-refractivity contribution < 1.29 is 23.5 Å². The second-order valence-corrected chi connectivity index (χ2v) is 9.50. The van der Waals surface area contributed by atoms with Gasteiger partial charge in [0, 0.05) is 25.0 Å². The summed E-state index contributed by atoms with van der Waals surface area (Å²) in [5.74, 6) is -1.94. The third-order valence-electron chi connectivity index (χ3n) is 6.15. The van der Waals surface area contributed by atoms with E-state index in [-0.39, 0.29) is 30.8 Å². The van der Waals surface area contributed by atoms with Gasteiger partial charge in [0.25, 0.3) is 0 Å². The molecule has 9 heteroatoms. The van der Waals surface area contributed by atoms with Crippen molar-refractivity contribution in [1.29, 1.82) is 5.26 Å². The first-order valence-electron chi connectivity index (χ1n) is 12.7. The number of rotatable bonds is 12. The Labute approximate surface area is 222 Å². The summed E-state index contributed by atoms with van der Waals surface area (Å²) < 4.78 is 19.2. The summed E-state index contributed by atoms with van der Waals surface area (Å²) in [5, 5.41) is 18.1. The van der Waals surface area contributed by atoms with Crippen molar-refractivity contribution in [3.8, 4) is 6.07 Å². The molecule has 4 atom stereocenters. The van der Waals surface area contributed by atoms with E-state index in [1.165, 1.54) is 18.2 Å². The number of nitrogens with zero attached hydrogens (tertiary/aromatic N) is 1. The molecule has 0 bridgehead atoms. The van der Waals surface area contributed by atoms with Gasteiger partial charge in [-0.3, -0.25) is 14.4 Å². The average molecular weight is 521 g/mol. The minimum absolute atomic E-state index is 0.0932. The zero-order valence-electron chi connectivity index (χ0n) is 21.5. The molecule has 3 N–H and O–H groups in total. The summed E-state index contributed by atoms with van der Waals surface area (Å²) in [6.07, 6.45) is 2.59. The number of ether oxygens (including phenoxy) is 1. The first-order chi connectivity index (χ1) is 18.2. The fourth-order valence-electron chi connectivity index (χ4n) is 4.25. The summed E-state index contributed by atoms with van der Waals surface area (Å²) in [4.78, 5) is 38.5. The highest BCUT2D eigenvalue weighted by Gasteiger charge is 2.34. The molecular formula is C29H33FN4O4. The molecule has 2 aromatic carbocycles. The maximum absolute atomic E-state index is 13.5. The summed E-state index contributed by atoms with van der Waals surface area (Å²) in [5.41, 5.74) is 1.46. The predicted molar refractivity (Wildman–Crippen MR) is 141 cm³/mol. The van der Waals surface area contributed by atoms with E-state index in [4.69, 9.17) is 4.74 Å². The van der Waals surface area contributed by atoms with Gasteiger partial charge in [0.05, 0.1) is 18.2 Å². The highest BCUT2D eigenvalue weighted by atomic mass is 19.1. The molecular weight excluding hydrogens is 487 g/mol. The Morgan fingerprint density at radius 3 is 2.47 bits per heavy atom. The second kappa shape index (κ2) is 14.1. The molecule has 0 aromatic heterocycles. The normalized spacial score (nSPS) is 17.4. The molecule has 0 saturated carbocycles. The number of nitrogens with one attached hydrogen (secondary N) is 3. The Morgan fingerprint density at radius 2 is 1.87 bits per heavy atom. The van der Waals surface area contributed by atoms with E-state index in [1.54, 1.807) is 32.1 Å². The fraction of sp³-hybridized carbons (Fsp3) is 0.379. The minimum atomic E-state index is -1.02. The van der Waals surface area contributed by atoms with Gasteiger partial charge in [-0.25, -0.2) is 4.39 Å². The molecule has 1 aliphatic rings. The van der Waals surface area contributed by atoms with Crippen LogP contribution in [0.2, 0.25) is 0 Å². The molecule has 3 amide bonds. The van der Waals surface area contributed by atoms with Crippen LogP contribution in [-0.2, 0) is 25.5 Å². The molecule has 2 aromatic rings. The lowest BCUT2D eigenvalue weighted by atomic mass is 9.94. The predicted octanol–water partition coefficient (Wildman–Crippen LogP) is 2.89. The monoisotopic (exact) mass is 520 g/mol. The Kier molecular flexibility index (Phi) is 10.6. The van der Waals surface area contributed by atoms with Crippen LogP contribution in [0.5, 0.6) is 0 Å².